The molecule has 1 heterocycles. The summed E-state index contributed by atoms with van der Waals surface area (Å²) in [5, 5.41) is 20.7. The zero-order valence-corrected chi connectivity index (χ0v) is 26.0. The summed E-state index contributed by atoms with van der Waals surface area (Å²) in [6.07, 6.45) is 20.3. The third-order valence-corrected chi connectivity index (χ3v) is 9.35. The Bertz CT molecular complexity index is 1840. The van der Waals surface area contributed by atoms with Crippen molar-refractivity contribution in [1.29, 1.82) is 10.8 Å². The summed E-state index contributed by atoms with van der Waals surface area (Å²) in [7, 11) is 0. The van der Waals surface area contributed by atoms with Gasteiger partial charge in [0.1, 0.15) is 17.8 Å². The van der Waals surface area contributed by atoms with Gasteiger partial charge in [0.05, 0.1) is 11.4 Å². The number of hydrogen-bond acceptors (Lipinski definition) is 5. The molecule has 0 saturated heterocycles. The van der Waals surface area contributed by atoms with Crippen molar-refractivity contribution in [3.8, 4) is 0 Å². The fourth-order valence-corrected chi connectivity index (χ4v) is 6.85. The van der Waals surface area contributed by atoms with Crippen LogP contribution in [0, 0.1) is 16.7 Å². The van der Waals surface area contributed by atoms with Crippen molar-refractivity contribution in [2.24, 2.45) is 15.9 Å². The number of allylic oxidation sites excluding steroid dienone is 10. The molecule has 0 spiro atoms. The van der Waals surface area contributed by atoms with E-state index < -0.39 is 0 Å². The molecule has 3 aromatic carbocycles. The highest BCUT2D eigenvalue weighted by Gasteiger charge is 2.37. The second kappa shape index (κ2) is 13.5. The zero-order chi connectivity index (χ0) is 31.3. The SMILES string of the molecule is N=C(/C=C\C(=N)c1ccc(C2CC3=CCCC=C3CC2C2=NC(c3ccccc3)NC(c3ccccc3)=N2)cc1)C1=CCCC=C1. The molecule has 46 heavy (non-hydrogen) atoms. The minimum absolute atomic E-state index is 0.121. The van der Waals surface area contributed by atoms with Gasteiger partial charge in [0, 0.05) is 11.5 Å². The lowest BCUT2D eigenvalue weighted by atomic mass is 9.69. The Morgan fingerprint density at radius 3 is 2.02 bits per heavy atom. The third-order valence-electron chi connectivity index (χ3n) is 9.35. The Morgan fingerprint density at radius 2 is 1.33 bits per heavy atom. The first-order chi connectivity index (χ1) is 22.6. The average Bonchev–Trinajstić information content (AvgIpc) is 3.14. The Kier molecular flexibility index (Phi) is 8.64. The van der Waals surface area contributed by atoms with Crippen LogP contribution in [-0.4, -0.2) is 23.1 Å². The minimum Gasteiger partial charge on any atom is -0.344 e. The van der Waals surface area contributed by atoms with Crippen molar-refractivity contribution in [3.63, 3.8) is 0 Å². The van der Waals surface area contributed by atoms with Gasteiger partial charge in [0.25, 0.3) is 0 Å². The van der Waals surface area contributed by atoms with Crippen LogP contribution in [0.3, 0.4) is 0 Å². The van der Waals surface area contributed by atoms with Crippen molar-refractivity contribution >= 4 is 23.1 Å². The van der Waals surface area contributed by atoms with Gasteiger partial charge in [-0.05, 0) is 90.0 Å². The summed E-state index contributed by atoms with van der Waals surface area (Å²) in [6, 6.07) is 29.2. The van der Waals surface area contributed by atoms with Gasteiger partial charge in [-0.3, -0.25) is 0 Å². The van der Waals surface area contributed by atoms with Crippen molar-refractivity contribution in [2.75, 3.05) is 0 Å². The highest BCUT2D eigenvalue weighted by atomic mass is 15.2. The molecule has 228 valence electrons. The van der Waals surface area contributed by atoms with Crippen LogP contribution in [0.4, 0.5) is 0 Å². The second-order valence-corrected chi connectivity index (χ2v) is 12.4. The monoisotopic (exact) mass is 601 g/mol. The summed E-state index contributed by atoms with van der Waals surface area (Å²) in [5.41, 5.74) is 8.94. The fourth-order valence-electron chi connectivity index (χ4n) is 6.85. The van der Waals surface area contributed by atoms with Crippen LogP contribution in [0.25, 0.3) is 0 Å². The van der Waals surface area contributed by atoms with Crippen LogP contribution in [0.15, 0.2) is 154 Å². The smallest absolute Gasteiger partial charge is 0.147 e. The van der Waals surface area contributed by atoms with Crippen molar-refractivity contribution < 1.29 is 0 Å². The average molecular weight is 602 g/mol. The molecule has 5 nitrogen and oxygen atoms in total. The van der Waals surface area contributed by atoms with E-state index in [0.717, 1.165) is 72.5 Å². The largest absolute Gasteiger partial charge is 0.344 e. The van der Waals surface area contributed by atoms with Crippen molar-refractivity contribution in [3.05, 3.63) is 166 Å². The highest BCUT2D eigenvalue weighted by molar-refractivity contribution is 6.14. The molecule has 1 aliphatic heterocycles. The molecule has 1 saturated carbocycles. The highest BCUT2D eigenvalue weighted by Crippen LogP contribution is 2.46. The molecule has 3 atom stereocenters. The quantitative estimate of drug-likeness (QED) is 0.221. The maximum atomic E-state index is 8.70. The molecule has 3 aliphatic carbocycles. The number of fused-ring (bicyclic) bond motifs is 1. The normalized spacial score (nSPS) is 22.4. The van der Waals surface area contributed by atoms with E-state index >= 15 is 0 Å². The molecule has 0 radical (unpaired) electrons. The van der Waals surface area contributed by atoms with E-state index in [1.807, 2.05) is 18.2 Å². The molecule has 0 amide bonds. The number of aliphatic imine (C=N–C) groups is 2. The lowest BCUT2D eigenvalue weighted by molar-refractivity contribution is 0.479. The zero-order valence-electron chi connectivity index (χ0n) is 26.0. The molecular formula is C41H39N5. The van der Waals surface area contributed by atoms with Gasteiger partial charge in [-0.1, -0.05) is 115 Å². The van der Waals surface area contributed by atoms with Crippen molar-refractivity contribution in [2.45, 2.75) is 50.6 Å². The number of benzene rings is 3. The van der Waals surface area contributed by atoms with E-state index in [-0.39, 0.29) is 18.0 Å². The first kappa shape index (κ1) is 29.5. The van der Waals surface area contributed by atoms with Crippen molar-refractivity contribution in [1.82, 2.24) is 5.32 Å². The molecular weight excluding hydrogens is 562 g/mol. The van der Waals surface area contributed by atoms with Crippen LogP contribution in [0.1, 0.15) is 72.9 Å². The maximum Gasteiger partial charge on any atom is 0.147 e. The van der Waals surface area contributed by atoms with Gasteiger partial charge < -0.3 is 16.1 Å². The first-order valence-corrected chi connectivity index (χ1v) is 16.4. The topological polar surface area (TPSA) is 84.5 Å². The molecule has 7 rings (SSSR count). The van der Waals surface area contributed by atoms with Crippen LogP contribution >= 0.6 is 0 Å². The molecule has 4 aliphatic rings. The van der Waals surface area contributed by atoms with Gasteiger partial charge in [-0.25, -0.2) is 9.98 Å². The predicted molar refractivity (Wildman–Crippen MR) is 190 cm³/mol. The lowest BCUT2D eigenvalue weighted by Gasteiger charge is -2.37. The standard InChI is InChI=1S/C41H39N5/c42-37(29-12-4-1-5-13-29)24-25-38(43)30-22-20-28(21-23-30)35-26-33-18-10-11-19-34(33)27-36(35)41-45-39(31-14-6-2-7-15-31)44-40(46-41)32-16-8-3-9-17-32/h2-4,6-9,12-25,35-36,39,42-43H,1,5,10-11,26-27H2,(H,44,45,46)/b25-24-,42-37?,43-38?. The fraction of sp³-hybridized carbons (Fsp3) is 0.220. The van der Waals surface area contributed by atoms with Gasteiger partial charge in [-0.15, -0.1) is 0 Å². The van der Waals surface area contributed by atoms with Gasteiger partial charge in [-0.2, -0.15) is 0 Å². The van der Waals surface area contributed by atoms with Gasteiger partial charge >= 0.3 is 0 Å². The van der Waals surface area contributed by atoms with E-state index in [1.165, 1.54) is 16.7 Å². The molecule has 0 bridgehead atoms. The summed E-state index contributed by atoms with van der Waals surface area (Å²) in [5.74, 6) is 2.09. The minimum atomic E-state index is -0.213. The molecule has 3 unspecified atom stereocenters. The Morgan fingerprint density at radius 1 is 0.674 bits per heavy atom. The third kappa shape index (κ3) is 6.45. The summed E-state index contributed by atoms with van der Waals surface area (Å²) in [4.78, 5) is 10.5. The Balaban J connectivity index is 1.20. The number of amidine groups is 2. The van der Waals surface area contributed by atoms with E-state index in [9.17, 15) is 0 Å². The Hall–Kier alpha value is -5.16. The maximum absolute atomic E-state index is 8.70. The van der Waals surface area contributed by atoms with E-state index in [0.29, 0.717) is 11.4 Å². The number of hydrogen-bond donors (Lipinski definition) is 3. The van der Waals surface area contributed by atoms with Gasteiger partial charge in [0.15, 0.2) is 0 Å². The van der Waals surface area contributed by atoms with Crippen LogP contribution in [0.5, 0.6) is 0 Å². The lowest BCUT2D eigenvalue weighted by Crippen LogP contribution is -2.37. The molecule has 1 fully saturated rings. The van der Waals surface area contributed by atoms with Gasteiger partial charge in [0.2, 0.25) is 0 Å². The molecule has 3 N–H and O–H groups in total. The van der Waals surface area contributed by atoms with Crippen LogP contribution < -0.4 is 5.32 Å². The van der Waals surface area contributed by atoms with E-state index in [2.05, 4.69) is 102 Å². The second-order valence-electron chi connectivity index (χ2n) is 12.4. The molecule has 0 aromatic heterocycles. The van der Waals surface area contributed by atoms with E-state index in [1.54, 1.807) is 12.2 Å². The molecule has 3 aromatic rings. The number of nitrogens with zero attached hydrogens (tertiary/aromatic N) is 2. The summed E-state index contributed by atoms with van der Waals surface area (Å²) in [6.45, 7) is 0. The number of nitrogens with one attached hydrogen (secondary N) is 3. The van der Waals surface area contributed by atoms with Crippen LogP contribution in [0.2, 0.25) is 0 Å². The number of rotatable bonds is 8. The molecule has 5 heteroatoms. The first-order valence-electron chi connectivity index (χ1n) is 16.4. The Labute approximate surface area is 271 Å². The summed E-state index contributed by atoms with van der Waals surface area (Å²) < 4.78 is 0. The van der Waals surface area contributed by atoms with E-state index in [4.69, 9.17) is 20.8 Å². The van der Waals surface area contributed by atoms with Crippen LogP contribution in [-0.2, 0) is 0 Å². The predicted octanol–water partition coefficient (Wildman–Crippen LogP) is 9.19. The summed E-state index contributed by atoms with van der Waals surface area (Å²) >= 11 is 0.